The Labute approximate surface area is 153 Å². The van der Waals surface area contributed by atoms with Crippen LogP contribution in [0.15, 0.2) is 42.6 Å². The predicted molar refractivity (Wildman–Crippen MR) is 98.5 cm³/mol. The van der Waals surface area contributed by atoms with Gasteiger partial charge in [-0.2, -0.15) is 10.00 Å². The van der Waals surface area contributed by atoms with Crippen molar-refractivity contribution in [2.45, 2.75) is 52.7 Å². The fourth-order valence-electron chi connectivity index (χ4n) is 2.11. The molecule has 0 spiro atoms. The average Bonchev–Trinajstić information content (AvgIpc) is 2.93. The van der Waals surface area contributed by atoms with Crippen LogP contribution in [0.25, 0.3) is 5.69 Å². The van der Waals surface area contributed by atoms with Gasteiger partial charge in [0.2, 0.25) is 0 Å². The smallest absolute Gasteiger partial charge is 0.425 e. The van der Waals surface area contributed by atoms with Gasteiger partial charge in [0.05, 0.1) is 11.9 Å². The number of anilines is 1. The maximum absolute atomic E-state index is 12.7. The third-order valence-electron chi connectivity index (χ3n) is 3.00. The van der Waals surface area contributed by atoms with Crippen LogP contribution in [0.4, 0.5) is 15.4 Å². The van der Waals surface area contributed by atoms with Crippen LogP contribution in [-0.2, 0) is 9.47 Å². The Balaban J connectivity index is 2.47. The predicted octanol–water partition coefficient (Wildman–Crippen LogP) is 4.55. The molecule has 26 heavy (non-hydrogen) atoms. The van der Waals surface area contributed by atoms with Gasteiger partial charge < -0.3 is 9.47 Å². The number of amides is 2. The van der Waals surface area contributed by atoms with E-state index in [4.69, 9.17) is 9.47 Å². The van der Waals surface area contributed by atoms with Crippen LogP contribution >= 0.6 is 0 Å². The zero-order chi connectivity index (χ0) is 19.5. The Hall–Kier alpha value is -2.83. The second kappa shape index (κ2) is 7.19. The molecule has 0 bridgehead atoms. The molecule has 0 aliphatic carbocycles. The van der Waals surface area contributed by atoms with Crippen molar-refractivity contribution in [3.05, 3.63) is 42.6 Å². The second-order valence-corrected chi connectivity index (χ2v) is 7.73. The van der Waals surface area contributed by atoms with E-state index in [0.717, 1.165) is 4.90 Å². The lowest BCUT2D eigenvalue weighted by molar-refractivity contribution is 0.0428. The number of para-hydroxylation sites is 1. The molecule has 1 aromatic heterocycles. The minimum Gasteiger partial charge on any atom is -0.443 e. The molecule has 0 saturated heterocycles. The van der Waals surface area contributed by atoms with Gasteiger partial charge in [0.25, 0.3) is 0 Å². The first-order valence-electron chi connectivity index (χ1n) is 8.33. The van der Waals surface area contributed by atoms with Gasteiger partial charge >= 0.3 is 12.2 Å². The molecule has 1 aromatic carbocycles. The Morgan fingerprint density at radius 2 is 1.38 bits per heavy atom. The number of hydrogen-bond donors (Lipinski definition) is 0. The van der Waals surface area contributed by atoms with Gasteiger partial charge in [-0.1, -0.05) is 18.2 Å². The van der Waals surface area contributed by atoms with Crippen molar-refractivity contribution in [3.8, 4) is 5.69 Å². The SMILES string of the molecule is CC(C)(C)OC(=O)N(C(=O)OC(C)(C)C)c1ccnn1-c1ccccc1. The zero-order valence-corrected chi connectivity index (χ0v) is 16.0. The fraction of sp³-hybridized carbons (Fsp3) is 0.421. The van der Waals surface area contributed by atoms with E-state index in [-0.39, 0.29) is 5.82 Å². The van der Waals surface area contributed by atoms with E-state index in [1.165, 1.54) is 10.9 Å². The van der Waals surface area contributed by atoms with Crippen LogP contribution in [0.2, 0.25) is 0 Å². The van der Waals surface area contributed by atoms with E-state index in [2.05, 4.69) is 5.10 Å². The number of aromatic nitrogens is 2. The van der Waals surface area contributed by atoms with Crippen molar-refractivity contribution in [1.29, 1.82) is 0 Å². The maximum atomic E-state index is 12.7. The minimum atomic E-state index is -0.829. The van der Waals surface area contributed by atoms with Gasteiger partial charge in [-0.3, -0.25) is 0 Å². The average molecular weight is 359 g/mol. The number of rotatable bonds is 2. The quantitative estimate of drug-likeness (QED) is 0.786. The summed E-state index contributed by atoms with van der Waals surface area (Å²) in [5.41, 5.74) is -0.839. The summed E-state index contributed by atoms with van der Waals surface area (Å²) in [5.74, 6) is 0.236. The molecule has 0 radical (unpaired) electrons. The minimum absolute atomic E-state index is 0.236. The van der Waals surface area contributed by atoms with E-state index < -0.39 is 23.4 Å². The first-order valence-corrected chi connectivity index (χ1v) is 8.33. The van der Waals surface area contributed by atoms with E-state index in [1.54, 1.807) is 47.6 Å². The number of hydrogen-bond acceptors (Lipinski definition) is 5. The molecule has 140 valence electrons. The molecule has 0 saturated carbocycles. The first kappa shape index (κ1) is 19.5. The van der Waals surface area contributed by atoms with Crippen LogP contribution in [0, 0.1) is 0 Å². The summed E-state index contributed by atoms with van der Waals surface area (Å²) in [4.78, 5) is 26.3. The highest BCUT2D eigenvalue weighted by atomic mass is 16.6. The van der Waals surface area contributed by atoms with Crippen molar-refractivity contribution in [2.75, 3.05) is 4.90 Å². The van der Waals surface area contributed by atoms with E-state index in [0.29, 0.717) is 5.69 Å². The van der Waals surface area contributed by atoms with Gasteiger partial charge in [-0.25, -0.2) is 14.3 Å². The molecule has 0 atom stereocenters. The highest BCUT2D eigenvalue weighted by Crippen LogP contribution is 2.24. The van der Waals surface area contributed by atoms with Gasteiger partial charge in [0.15, 0.2) is 5.82 Å². The maximum Gasteiger partial charge on any atom is 0.425 e. The standard InChI is InChI=1S/C19H25N3O4/c1-18(2,3)25-16(23)21(17(24)26-19(4,5)6)15-12-13-20-22(15)14-10-8-7-9-11-14/h7-13H,1-6H3. The Morgan fingerprint density at radius 1 is 0.885 bits per heavy atom. The monoisotopic (exact) mass is 359 g/mol. The number of ether oxygens (including phenoxy) is 2. The number of imide groups is 1. The van der Waals surface area contributed by atoms with Crippen LogP contribution < -0.4 is 4.90 Å². The van der Waals surface area contributed by atoms with E-state index in [1.807, 2.05) is 30.3 Å². The lowest BCUT2D eigenvalue weighted by Crippen LogP contribution is -2.44. The van der Waals surface area contributed by atoms with Gasteiger partial charge in [0.1, 0.15) is 11.2 Å². The third kappa shape index (κ3) is 5.08. The molecule has 2 rings (SSSR count). The summed E-state index contributed by atoms with van der Waals surface area (Å²) < 4.78 is 12.3. The summed E-state index contributed by atoms with van der Waals surface area (Å²) >= 11 is 0. The summed E-state index contributed by atoms with van der Waals surface area (Å²) in [5, 5.41) is 4.22. The molecule has 0 aliphatic rings. The van der Waals surface area contributed by atoms with Gasteiger partial charge in [-0.15, -0.1) is 0 Å². The molecule has 1 heterocycles. The largest absolute Gasteiger partial charge is 0.443 e. The van der Waals surface area contributed by atoms with Crippen molar-refractivity contribution in [1.82, 2.24) is 9.78 Å². The summed E-state index contributed by atoms with van der Waals surface area (Å²) in [7, 11) is 0. The Kier molecular flexibility index (Phi) is 5.39. The fourth-order valence-corrected chi connectivity index (χ4v) is 2.11. The Morgan fingerprint density at radius 3 is 1.85 bits per heavy atom. The highest BCUT2D eigenvalue weighted by molar-refractivity contribution is 6.09. The number of benzene rings is 1. The zero-order valence-electron chi connectivity index (χ0n) is 16.0. The summed E-state index contributed by atoms with van der Waals surface area (Å²) in [6.07, 6.45) is -0.154. The molecular weight excluding hydrogens is 334 g/mol. The first-order chi connectivity index (χ1) is 12.0. The van der Waals surface area contributed by atoms with Crippen LogP contribution in [-0.4, -0.2) is 33.2 Å². The van der Waals surface area contributed by atoms with Crippen LogP contribution in [0.5, 0.6) is 0 Å². The van der Waals surface area contributed by atoms with Crippen LogP contribution in [0.1, 0.15) is 41.5 Å². The van der Waals surface area contributed by atoms with Crippen molar-refractivity contribution >= 4 is 18.0 Å². The molecule has 2 aromatic rings. The third-order valence-corrected chi connectivity index (χ3v) is 3.00. The molecule has 0 fully saturated rings. The highest BCUT2D eigenvalue weighted by Gasteiger charge is 2.34. The lowest BCUT2D eigenvalue weighted by atomic mass is 10.2. The van der Waals surface area contributed by atoms with E-state index >= 15 is 0 Å². The van der Waals surface area contributed by atoms with E-state index in [9.17, 15) is 9.59 Å². The topological polar surface area (TPSA) is 73.7 Å². The molecule has 2 amide bonds. The second-order valence-electron chi connectivity index (χ2n) is 7.73. The molecular formula is C19H25N3O4. The summed E-state index contributed by atoms with van der Waals surface area (Å²) in [6, 6.07) is 10.7. The number of nitrogens with zero attached hydrogens (tertiary/aromatic N) is 3. The van der Waals surface area contributed by atoms with Gasteiger partial charge in [0, 0.05) is 6.07 Å². The molecule has 7 heteroatoms. The lowest BCUT2D eigenvalue weighted by Gasteiger charge is -2.28. The summed E-state index contributed by atoms with van der Waals surface area (Å²) in [6.45, 7) is 10.4. The van der Waals surface area contributed by atoms with Gasteiger partial charge in [-0.05, 0) is 53.7 Å². The molecule has 0 N–H and O–H groups in total. The van der Waals surface area contributed by atoms with Crippen molar-refractivity contribution < 1.29 is 19.1 Å². The number of carbonyl (C=O) groups is 2. The van der Waals surface area contributed by atoms with Crippen molar-refractivity contribution in [2.24, 2.45) is 0 Å². The van der Waals surface area contributed by atoms with Crippen LogP contribution in [0.3, 0.4) is 0 Å². The van der Waals surface area contributed by atoms with Crippen molar-refractivity contribution in [3.63, 3.8) is 0 Å². The molecule has 0 unspecified atom stereocenters. The number of carbonyl (C=O) groups excluding carboxylic acids is 2. The molecule has 7 nitrogen and oxygen atoms in total. The molecule has 0 aliphatic heterocycles. The Bertz CT molecular complexity index is 742. The normalized spacial score (nSPS) is 11.8.